The van der Waals surface area contributed by atoms with Crippen LogP contribution in [0, 0.1) is 0 Å². The second-order valence-electron chi connectivity index (χ2n) is 4.42. The van der Waals surface area contributed by atoms with E-state index < -0.39 is 0 Å². The molecule has 0 aromatic heterocycles. The van der Waals surface area contributed by atoms with Crippen molar-refractivity contribution in [1.29, 1.82) is 0 Å². The van der Waals surface area contributed by atoms with Crippen molar-refractivity contribution in [3.63, 3.8) is 0 Å². The summed E-state index contributed by atoms with van der Waals surface area (Å²) in [5, 5.41) is 3.57. The Kier molecular flexibility index (Phi) is 6.90. The van der Waals surface area contributed by atoms with Gasteiger partial charge in [-0.1, -0.05) is 44.2 Å². The first-order valence-corrected chi connectivity index (χ1v) is 6.69. The smallest absolute Gasteiger partial charge is 0.0741 e. The van der Waals surface area contributed by atoms with E-state index in [0.717, 1.165) is 26.0 Å². The van der Waals surface area contributed by atoms with E-state index in [1.807, 2.05) is 0 Å². The highest BCUT2D eigenvalue weighted by Crippen LogP contribution is 2.19. The number of benzene rings is 1. The number of nitrogens with one attached hydrogen (secondary N) is 1. The molecule has 0 aliphatic rings. The van der Waals surface area contributed by atoms with E-state index in [2.05, 4.69) is 56.4 Å². The molecule has 2 atom stereocenters. The van der Waals surface area contributed by atoms with Crippen molar-refractivity contribution < 1.29 is 4.74 Å². The van der Waals surface area contributed by atoms with Crippen molar-refractivity contribution in [2.75, 3.05) is 13.2 Å². The third-order valence-corrected chi connectivity index (χ3v) is 2.83. The quantitative estimate of drug-likeness (QED) is 0.744. The topological polar surface area (TPSA) is 21.3 Å². The second kappa shape index (κ2) is 8.26. The van der Waals surface area contributed by atoms with Gasteiger partial charge < -0.3 is 10.1 Å². The standard InChI is InChI=1S/C15H25NO/c1-4-11-16-15(13(3)17-12-5-2)14-9-7-6-8-10-14/h6-10,13,15-16H,4-5,11-12H2,1-3H3. The van der Waals surface area contributed by atoms with Gasteiger partial charge in [0.25, 0.3) is 0 Å². The van der Waals surface area contributed by atoms with Crippen LogP contribution >= 0.6 is 0 Å². The zero-order valence-corrected chi connectivity index (χ0v) is 11.3. The molecular weight excluding hydrogens is 210 g/mol. The summed E-state index contributed by atoms with van der Waals surface area (Å²) in [6.45, 7) is 8.34. The number of hydrogen-bond donors (Lipinski definition) is 1. The van der Waals surface area contributed by atoms with Gasteiger partial charge in [-0.2, -0.15) is 0 Å². The zero-order chi connectivity index (χ0) is 12.5. The van der Waals surface area contributed by atoms with Crippen LogP contribution in [0.1, 0.15) is 45.2 Å². The van der Waals surface area contributed by atoms with Gasteiger partial charge in [0.05, 0.1) is 12.1 Å². The monoisotopic (exact) mass is 235 g/mol. The maximum atomic E-state index is 5.84. The van der Waals surface area contributed by atoms with Gasteiger partial charge in [-0.3, -0.25) is 0 Å². The van der Waals surface area contributed by atoms with Crippen molar-refractivity contribution in [3.8, 4) is 0 Å². The molecular formula is C15H25NO. The molecule has 1 rings (SSSR count). The molecule has 0 spiro atoms. The molecule has 0 aliphatic carbocycles. The van der Waals surface area contributed by atoms with Crippen LogP contribution in [0.3, 0.4) is 0 Å². The van der Waals surface area contributed by atoms with Gasteiger partial charge in [-0.25, -0.2) is 0 Å². The van der Waals surface area contributed by atoms with Gasteiger partial charge in [0.2, 0.25) is 0 Å². The molecule has 96 valence electrons. The number of rotatable bonds is 8. The molecule has 2 unspecified atom stereocenters. The SMILES string of the molecule is CCCNC(c1ccccc1)C(C)OCCC. The first kappa shape index (κ1) is 14.2. The van der Waals surface area contributed by atoms with Crippen LogP contribution in [-0.4, -0.2) is 19.3 Å². The van der Waals surface area contributed by atoms with Gasteiger partial charge in [0.1, 0.15) is 0 Å². The van der Waals surface area contributed by atoms with Gasteiger partial charge in [0.15, 0.2) is 0 Å². The maximum Gasteiger partial charge on any atom is 0.0741 e. The second-order valence-corrected chi connectivity index (χ2v) is 4.42. The molecule has 2 heteroatoms. The normalized spacial score (nSPS) is 14.5. The van der Waals surface area contributed by atoms with Gasteiger partial charge in [-0.15, -0.1) is 0 Å². The highest BCUT2D eigenvalue weighted by molar-refractivity contribution is 5.19. The summed E-state index contributed by atoms with van der Waals surface area (Å²) in [7, 11) is 0. The highest BCUT2D eigenvalue weighted by atomic mass is 16.5. The fourth-order valence-electron chi connectivity index (χ4n) is 1.92. The molecule has 0 fully saturated rings. The molecule has 1 N–H and O–H groups in total. The molecule has 0 radical (unpaired) electrons. The summed E-state index contributed by atoms with van der Waals surface area (Å²) in [6, 6.07) is 10.9. The Balaban J connectivity index is 2.66. The summed E-state index contributed by atoms with van der Waals surface area (Å²) in [4.78, 5) is 0. The summed E-state index contributed by atoms with van der Waals surface area (Å²) in [5.74, 6) is 0. The number of ether oxygens (including phenoxy) is 1. The lowest BCUT2D eigenvalue weighted by molar-refractivity contribution is 0.0389. The average molecular weight is 235 g/mol. The predicted molar refractivity (Wildman–Crippen MR) is 73.2 cm³/mol. The molecule has 1 aromatic carbocycles. The minimum Gasteiger partial charge on any atom is -0.377 e. The summed E-state index contributed by atoms with van der Waals surface area (Å²) in [5.41, 5.74) is 1.31. The fourth-order valence-corrected chi connectivity index (χ4v) is 1.92. The van der Waals surface area contributed by atoms with Crippen LogP contribution in [0.5, 0.6) is 0 Å². The molecule has 0 amide bonds. The van der Waals surface area contributed by atoms with E-state index >= 15 is 0 Å². The van der Waals surface area contributed by atoms with Crippen molar-refractivity contribution >= 4 is 0 Å². The van der Waals surface area contributed by atoms with Crippen LogP contribution in [0.15, 0.2) is 30.3 Å². The third-order valence-electron chi connectivity index (χ3n) is 2.83. The molecule has 0 saturated carbocycles. The highest BCUT2D eigenvalue weighted by Gasteiger charge is 2.18. The number of hydrogen-bond acceptors (Lipinski definition) is 2. The minimum absolute atomic E-state index is 0.212. The van der Waals surface area contributed by atoms with Crippen LogP contribution < -0.4 is 5.32 Å². The van der Waals surface area contributed by atoms with Crippen LogP contribution in [-0.2, 0) is 4.74 Å². The molecule has 0 heterocycles. The first-order chi connectivity index (χ1) is 8.29. The van der Waals surface area contributed by atoms with Crippen molar-refractivity contribution in [2.45, 2.75) is 45.8 Å². The van der Waals surface area contributed by atoms with Gasteiger partial charge >= 0.3 is 0 Å². The van der Waals surface area contributed by atoms with E-state index in [4.69, 9.17) is 4.74 Å². The van der Waals surface area contributed by atoms with Crippen LogP contribution in [0.2, 0.25) is 0 Å². The van der Waals surface area contributed by atoms with E-state index in [0.29, 0.717) is 6.04 Å². The van der Waals surface area contributed by atoms with Crippen molar-refractivity contribution in [1.82, 2.24) is 5.32 Å². The molecule has 0 aliphatic heterocycles. The Labute approximate surface area is 105 Å². The average Bonchev–Trinajstić information content (AvgIpc) is 2.38. The summed E-state index contributed by atoms with van der Waals surface area (Å²) < 4.78 is 5.84. The third kappa shape index (κ3) is 4.88. The fraction of sp³-hybridized carbons (Fsp3) is 0.600. The first-order valence-electron chi connectivity index (χ1n) is 6.69. The predicted octanol–water partition coefficient (Wildman–Crippen LogP) is 3.54. The molecule has 0 saturated heterocycles. The summed E-state index contributed by atoms with van der Waals surface area (Å²) in [6.07, 6.45) is 2.42. The minimum atomic E-state index is 0.212. The van der Waals surface area contributed by atoms with Gasteiger partial charge in [0, 0.05) is 6.61 Å². The Morgan fingerprint density at radius 1 is 1.12 bits per heavy atom. The Bertz CT molecular complexity index is 286. The van der Waals surface area contributed by atoms with Crippen LogP contribution in [0.4, 0.5) is 0 Å². The zero-order valence-electron chi connectivity index (χ0n) is 11.3. The Hall–Kier alpha value is -0.860. The lowest BCUT2D eigenvalue weighted by Gasteiger charge is -2.25. The molecule has 0 bridgehead atoms. The summed E-state index contributed by atoms with van der Waals surface area (Å²) >= 11 is 0. The van der Waals surface area contributed by atoms with Crippen LogP contribution in [0.25, 0.3) is 0 Å². The Morgan fingerprint density at radius 3 is 2.41 bits per heavy atom. The molecule has 2 nitrogen and oxygen atoms in total. The molecule has 17 heavy (non-hydrogen) atoms. The lowest BCUT2D eigenvalue weighted by Crippen LogP contribution is -2.32. The molecule has 1 aromatic rings. The van der Waals surface area contributed by atoms with E-state index in [9.17, 15) is 0 Å². The van der Waals surface area contributed by atoms with Crippen molar-refractivity contribution in [2.24, 2.45) is 0 Å². The Morgan fingerprint density at radius 2 is 1.82 bits per heavy atom. The maximum absolute atomic E-state index is 5.84. The lowest BCUT2D eigenvalue weighted by atomic mass is 10.0. The van der Waals surface area contributed by atoms with E-state index in [1.165, 1.54) is 5.56 Å². The van der Waals surface area contributed by atoms with Gasteiger partial charge in [-0.05, 0) is 31.9 Å². The largest absolute Gasteiger partial charge is 0.377 e. The van der Waals surface area contributed by atoms with E-state index in [1.54, 1.807) is 0 Å². The van der Waals surface area contributed by atoms with Crippen molar-refractivity contribution in [3.05, 3.63) is 35.9 Å². The van der Waals surface area contributed by atoms with E-state index in [-0.39, 0.29) is 6.10 Å².